The number of aromatic nitrogens is 1. The highest BCUT2D eigenvalue weighted by Gasteiger charge is 2.21. The predicted molar refractivity (Wildman–Crippen MR) is 265 cm³/mol. The minimum absolute atomic E-state index is 0.0313. The van der Waals surface area contributed by atoms with Gasteiger partial charge in [-0.05, 0) is 78.9 Å². The second-order valence-corrected chi connectivity index (χ2v) is 15.7. The van der Waals surface area contributed by atoms with Gasteiger partial charge >= 0.3 is 47.8 Å². The number of benzene rings is 4. The molecule has 2 unspecified atom stereocenters. The molecular formula is C52H47N3O18S. The van der Waals surface area contributed by atoms with Crippen LogP contribution in [0.2, 0.25) is 0 Å². The number of thiazole rings is 1. The quantitative estimate of drug-likeness (QED) is 0.0134. The molecule has 2 atom stereocenters. The first kappa shape index (κ1) is 55.5. The number of hydrogen-bond donors (Lipinski definition) is 1. The van der Waals surface area contributed by atoms with E-state index in [4.69, 9.17) is 47.4 Å². The molecule has 1 N–H and O–H groups in total. The van der Waals surface area contributed by atoms with Gasteiger partial charge in [0.1, 0.15) is 62.6 Å². The second-order valence-electron chi connectivity index (χ2n) is 14.6. The molecule has 0 bridgehead atoms. The van der Waals surface area contributed by atoms with Crippen molar-refractivity contribution < 1.29 is 85.7 Å². The number of para-hydroxylation sites is 1. The van der Waals surface area contributed by atoms with Gasteiger partial charge in [-0.1, -0.05) is 49.8 Å². The molecule has 384 valence electrons. The smallest absolute Gasteiger partial charge is 0.343 e. The molecule has 5 rings (SSSR count). The van der Waals surface area contributed by atoms with Crippen molar-refractivity contribution in [1.82, 2.24) is 4.98 Å². The number of carbonyl (C=O) groups is 8. The number of nitrogens with zero attached hydrogens (tertiary/aromatic N) is 2. The highest BCUT2D eigenvalue weighted by atomic mass is 32.1. The summed E-state index contributed by atoms with van der Waals surface area (Å²) in [5, 5.41) is 4.77. The van der Waals surface area contributed by atoms with E-state index in [1.165, 1.54) is 84.3 Å². The van der Waals surface area contributed by atoms with Gasteiger partial charge in [0.05, 0.1) is 40.4 Å². The van der Waals surface area contributed by atoms with Gasteiger partial charge in [0, 0.05) is 29.9 Å². The van der Waals surface area contributed by atoms with E-state index in [0.717, 1.165) is 34.5 Å². The molecule has 0 amide bonds. The number of ether oxygens (including phenoxy) is 10. The Morgan fingerprint density at radius 2 is 1.04 bits per heavy atom. The first-order valence-electron chi connectivity index (χ1n) is 22.0. The highest BCUT2D eigenvalue weighted by molar-refractivity contribution is 7.22. The Morgan fingerprint density at radius 1 is 0.568 bits per heavy atom. The lowest BCUT2D eigenvalue weighted by Crippen LogP contribution is -2.31. The molecule has 22 heteroatoms. The summed E-state index contributed by atoms with van der Waals surface area (Å²) in [5.41, 5.74) is 4.05. The molecule has 0 fully saturated rings. The van der Waals surface area contributed by atoms with Crippen molar-refractivity contribution in [3.63, 3.8) is 0 Å². The third-order valence-electron chi connectivity index (χ3n) is 9.29. The zero-order valence-electron chi connectivity index (χ0n) is 39.3. The number of hydrazone groups is 1. The Kier molecular flexibility index (Phi) is 21.8. The van der Waals surface area contributed by atoms with E-state index in [1.54, 1.807) is 0 Å². The Hall–Kier alpha value is -9.44. The van der Waals surface area contributed by atoms with E-state index in [1.807, 2.05) is 24.3 Å². The van der Waals surface area contributed by atoms with Crippen LogP contribution in [-0.4, -0.2) is 111 Å². The van der Waals surface area contributed by atoms with E-state index < -0.39 is 60.0 Å². The number of nitrogens with one attached hydrogen (secondary N) is 1. The summed E-state index contributed by atoms with van der Waals surface area (Å²) in [4.78, 5) is 102. The summed E-state index contributed by atoms with van der Waals surface area (Å²) in [6.07, 6.45) is 2.41. The van der Waals surface area contributed by atoms with Gasteiger partial charge in [0.25, 0.3) is 0 Å². The van der Waals surface area contributed by atoms with E-state index in [0.29, 0.717) is 5.13 Å². The Labute approximate surface area is 426 Å². The maximum absolute atomic E-state index is 13.5. The summed E-state index contributed by atoms with van der Waals surface area (Å²) in [7, 11) is 0. The van der Waals surface area contributed by atoms with Crippen molar-refractivity contribution in [2.75, 3.05) is 45.1 Å². The summed E-state index contributed by atoms with van der Waals surface area (Å²) < 4.78 is 54.2. The zero-order chi connectivity index (χ0) is 53.2. The van der Waals surface area contributed by atoms with Crippen LogP contribution in [0, 0.1) is 0 Å². The third kappa shape index (κ3) is 18.7. The van der Waals surface area contributed by atoms with Crippen molar-refractivity contribution in [3.8, 4) is 23.0 Å². The van der Waals surface area contributed by atoms with Gasteiger partial charge in [0.15, 0.2) is 12.2 Å². The van der Waals surface area contributed by atoms with Crippen molar-refractivity contribution in [2.24, 2.45) is 5.10 Å². The van der Waals surface area contributed by atoms with Crippen LogP contribution in [0.15, 0.2) is 147 Å². The monoisotopic (exact) mass is 1030 g/mol. The number of anilines is 1. The molecule has 0 aliphatic carbocycles. The molecule has 0 aliphatic rings. The molecule has 74 heavy (non-hydrogen) atoms. The van der Waals surface area contributed by atoms with E-state index in [-0.39, 0.29) is 92.2 Å². The van der Waals surface area contributed by atoms with Crippen LogP contribution < -0.4 is 24.4 Å². The van der Waals surface area contributed by atoms with Crippen LogP contribution in [0.1, 0.15) is 39.1 Å². The van der Waals surface area contributed by atoms with Gasteiger partial charge < -0.3 is 47.4 Å². The normalized spacial score (nSPS) is 11.4. The Bertz CT molecular complexity index is 2840. The fourth-order valence-corrected chi connectivity index (χ4v) is 6.53. The molecule has 5 aromatic rings. The molecule has 4 aromatic carbocycles. The highest BCUT2D eigenvalue weighted by Crippen LogP contribution is 2.28. The summed E-state index contributed by atoms with van der Waals surface area (Å²) in [5.74, 6) is -5.44. The molecule has 1 aromatic heterocycles. The largest absolute Gasteiger partial charge is 0.490 e. The fourth-order valence-electron chi connectivity index (χ4n) is 5.72. The van der Waals surface area contributed by atoms with Crippen LogP contribution >= 0.6 is 11.3 Å². The van der Waals surface area contributed by atoms with E-state index in [9.17, 15) is 38.4 Å². The van der Waals surface area contributed by atoms with Crippen LogP contribution in [-0.2, 0) is 57.2 Å². The van der Waals surface area contributed by atoms with Crippen molar-refractivity contribution in [1.29, 1.82) is 0 Å². The predicted octanol–water partition coefficient (Wildman–Crippen LogP) is 6.46. The topological polar surface area (TPSA) is 266 Å². The van der Waals surface area contributed by atoms with Gasteiger partial charge in [-0.25, -0.2) is 33.8 Å². The lowest BCUT2D eigenvalue weighted by molar-refractivity contribution is -0.160. The van der Waals surface area contributed by atoms with Gasteiger partial charge in [-0.2, -0.15) is 5.10 Å². The minimum Gasteiger partial charge on any atom is -0.490 e. The summed E-state index contributed by atoms with van der Waals surface area (Å²) >= 11 is 1.36. The first-order chi connectivity index (χ1) is 35.7. The van der Waals surface area contributed by atoms with Crippen LogP contribution in [0.25, 0.3) is 10.2 Å². The van der Waals surface area contributed by atoms with Crippen molar-refractivity contribution in [2.45, 2.75) is 25.0 Å². The standard InChI is InChI=1S/C52H47N3O18S/c1-5-44(56)64-25-23-48(60)70-39(31-68-46(58)7-3)29-66-36-17-13-33(14-18-36)50(62)72-38-21-22-42(35(27-38)28-53-55-52-54-41-11-9-10-12-43(41)74-52)73-51(63)34-15-19-37(20-16-34)67-30-40(32-69-47(59)8-4)71-49(61)24-26-65-45(57)6-2/h5-22,27-28,39-40H,1-4,23-26,29-32H2,(H,54,55)/b53-28+. The third-order valence-corrected chi connectivity index (χ3v) is 10.2. The molecular weight excluding hydrogens is 987 g/mol. The molecule has 0 aliphatic heterocycles. The number of hydrogen-bond acceptors (Lipinski definition) is 22. The van der Waals surface area contributed by atoms with Crippen LogP contribution in [0.4, 0.5) is 5.13 Å². The maximum atomic E-state index is 13.5. The van der Waals surface area contributed by atoms with Crippen LogP contribution in [0.3, 0.4) is 0 Å². The lowest BCUT2D eigenvalue weighted by atomic mass is 10.2. The molecule has 0 radical (unpaired) electrons. The fraction of sp³-hybridized carbons (Fsp3) is 0.192. The Morgan fingerprint density at radius 3 is 1.54 bits per heavy atom. The summed E-state index contributed by atoms with van der Waals surface area (Å²) in [6, 6.07) is 23.2. The zero-order valence-corrected chi connectivity index (χ0v) is 40.2. The minimum atomic E-state index is -1.07. The van der Waals surface area contributed by atoms with Crippen LogP contribution in [0.5, 0.6) is 23.0 Å². The SMILES string of the molecule is C=CC(=O)OCCC(=O)OC(COC(=O)C=C)COc1ccc(C(=O)Oc2ccc(OC(=O)c3ccc(OCC(COC(=O)C=C)OC(=O)CCOC(=O)C=C)cc3)c(/C=N/Nc3nc4ccccc4s3)c2)cc1. The molecule has 0 saturated heterocycles. The average Bonchev–Trinajstić information content (AvgIpc) is 3.83. The average molecular weight is 1030 g/mol. The summed E-state index contributed by atoms with van der Waals surface area (Å²) in [6.45, 7) is 11.4. The van der Waals surface area contributed by atoms with Crippen molar-refractivity contribution >= 4 is 80.7 Å². The number of fused-ring (bicyclic) bond motifs is 1. The maximum Gasteiger partial charge on any atom is 0.343 e. The van der Waals surface area contributed by atoms with E-state index >= 15 is 0 Å². The first-order valence-corrected chi connectivity index (χ1v) is 22.8. The van der Waals surface area contributed by atoms with Gasteiger partial charge in [-0.15, -0.1) is 0 Å². The van der Waals surface area contributed by atoms with Gasteiger partial charge in [0.2, 0.25) is 5.13 Å². The number of carbonyl (C=O) groups excluding carboxylic acids is 8. The molecule has 1 heterocycles. The van der Waals surface area contributed by atoms with Gasteiger partial charge in [-0.3, -0.25) is 15.0 Å². The van der Waals surface area contributed by atoms with E-state index in [2.05, 4.69) is 41.8 Å². The Balaban J connectivity index is 1.24. The molecule has 0 spiro atoms. The lowest BCUT2D eigenvalue weighted by Gasteiger charge is -2.18. The number of rotatable bonds is 29. The molecule has 0 saturated carbocycles. The second kappa shape index (κ2) is 29.0. The number of esters is 8. The van der Waals surface area contributed by atoms with Crippen molar-refractivity contribution in [3.05, 3.63) is 158 Å². The molecule has 21 nitrogen and oxygen atoms in total.